The summed E-state index contributed by atoms with van der Waals surface area (Å²) < 4.78 is 10.0. The van der Waals surface area contributed by atoms with Crippen LogP contribution in [0, 0.1) is 0 Å². The standard InChI is InChI=1S/C9H12O3.C7H6O2/c1-11-8-3-7(6-10)4-9(5-8)12-2;8-7(9)6-4-2-1-3-5-6/h3-5,10H,6H2,1-2H3;1-5H,(H,8,9). The average Bonchev–Trinajstić information content (AvgIpc) is 2.55. The third kappa shape index (κ3) is 5.54. The molecule has 2 N–H and O–H groups in total. The molecule has 5 heteroatoms. The van der Waals surface area contributed by atoms with Gasteiger partial charge >= 0.3 is 5.97 Å². The molecule has 5 nitrogen and oxygen atoms in total. The number of hydrogen-bond donors (Lipinski definition) is 2. The molecule has 0 aromatic heterocycles. The van der Waals surface area contributed by atoms with Crippen molar-refractivity contribution in [3.8, 4) is 11.5 Å². The molecule has 0 saturated carbocycles. The van der Waals surface area contributed by atoms with E-state index in [1.165, 1.54) is 0 Å². The third-order valence-electron chi connectivity index (χ3n) is 2.61. The van der Waals surface area contributed by atoms with E-state index in [1.807, 2.05) is 0 Å². The van der Waals surface area contributed by atoms with Gasteiger partial charge in [-0.1, -0.05) is 18.2 Å². The first-order valence-electron chi connectivity index (χ1n) is 6.21. The molecular weight excluding hydrogens is 272 g/mol. The predicted molar refractivity (Wildman–Crippen MR) is 78.9 cm³/mol. The van der Waals surface area contributed by atoms with Gasteiger partial charge in [-0.2, -0.15) is 0 Å². The van der Waals surface area contributed by atoms with Gasteiger partial charge in [0.15, 0.2) is 0 Å². The van der Waals surface area contributed by atoms with Gasteiger partial charge in [-0.15, -0.1) is 0 Å². The molecule has 0 atom stereocenters. The number of aromatic carboxylic acids is 1. The minimum Gasteiger partial charge on any atom is -0.497 e. The number of hydrogen-bond acceptors (Lipinski definition) is 4. The Balaban J connectivity index is 0.000000219. The van der Waals surface area contributed by atoms with E-state index in [2.05, 4.69) is 0 Å². The molecule has 2 aromatic carbocycles. The minimum absolute atomic E-state index is 0.00639. The van der Waals surface area contributed by atoms with Gasteiger partial charge in [0.1, 0.15) is 11.5 Å². The van der Waals surface area contributed by atoms with E-state index in [-0.39, 0.29) is 6.61 Å². The Bertz CT molecular complexity index is 511. The summed E-state index contributed by atoms with van der Waals surface area (Å²) in [5.74, 6) is 0.507. The van der Waals surface area contributed by atoms with E-state index < -0.39 is 5.97 Å². The van der Waals surface area contributed by atoms with E-state index in [4.69, 9.17) is 19.7 Å². The molecule has 0 fully saturated rings. The highest BCUT2D eigenvalue weighted by atomic mass is 16.5. The number of aliphatic hydroxyl groups excluding tert-OH is 1. The van der Waals surface area contributed by atoms with Gasteiger partial charge in [-0.25, -0.2) is 4.79 Å². The summed E-state index contributed by atoms with van der Waals surface area (Å²) in [5, 5.41) is 17.3. The zero-order valence-electron chi connectivity index (χ0n) is 11.9. The summed E-state index contributed by atoms with van der Waals surface area (Å²) in [4.78, 5) is 10.2. The Kier molecular flexibility index (Phi) is 6.77. The van der Waals surface area contributed by atoms with Gasteiger partial charge in [-0.3, -0.25) is 0 Å². The second-order valence-corrected chi connectivity index (χ2v) is 4.05. The van der Waals surface area contributed by atoms with Crippen LogP contribution in [-0.4, -0.2) is 30.4 Å². The molecule has 0 unspecified atom stereocenters. The fraction of sp³-hybridized carbons (Fsp3) is 0.188. The van der Waals surface area contributed by atoms with E-state index in [9.17, 15) is 4.79 Å². The van der Waals surface area contributed by atoms with E-state index in [1.54, 1.807) is 62.8 Å². The molecular formula is C16H18O5. The molecule has 0 amide bonds. The number of rotatable bonds is 4. The van der Waals surface area contributed by atoms with E-state index in [0.29, 0.717) is 17.1 Å². The van der Waals surface area contributed by atoms with E-state index >= 15 is 0 Å². The Morgan fingerprint density at radius 1 is 1.00 bits per heavy atom. The highest BCUT2D eigenvalue weighted by Gasteiger charge is 1.99. The third-order valence-corrected chi connectivity index (χ3v) is 2.61. The smallest absolute Gasteiger partial charge is 0.335 e. The fourth-order valence-electron chi connectivity index (χ4n) is 1.54. The van der Waals surface area contributed by atoms with Crippen molar-refractivity contribution in [3.05, 3.63) is 59.7 Å². The fourth-order valence-corrected chi connectivity index (χ4v) is 1.54. The van der Waals surface area contributed by atoms with Crippen LogP contribution in [0.3, 0.4) is 0 Å². The Morgan fingerprint density at radius 2 is 1.52 bits per heavy atom. The van der Waals surface area contributed by atoms with E-state index in [0.717, 1.165) is 5.56 Å². The van der Waals surface area contributed by atoms with Crippen molar-refractivity contribution < 1.29 is 24.5 Å². The van der Waals surface area contributed by atoms with Crippen LogP contribution in [0.1, 0.15) is 15.9 Å². The van der Waals surface area contributed by atoms with Crippen LogP contribution < -0.4 is 9.47 Å². The minimum atomic E-state index is -0.879. The number of carbonyl (C=O) groups is 1. The molecule has 2 aromatic rings. The van der Waals surface area contributed by atoms with Crippen molar-refractivity contribution in [2.45, 2.75) is 6.61 Å². The number of methoxy groups -OCH3 is 2. The molecule has 0 aliphatic carbocycles. The zero-order valence-corrected chi connectivity index (χ0v) is 11.9. The van der Waals surface area contributed by atoms with Crippen LogP contribution >= 0.6 is 0 Å². The van der Waals surface area contributed by atoms with Crippen LogP contribution in [-0.2, 0) is 6.61 Å². The van der Waals surface area contributed by atoms with Crippen LogP contribution in [0.2, 0.25) is 0 Å². The maximum absolute atomic E-state index is 10.2. The lowest BCUT2D eigenvalue weighted by molar-refractivity contribution is 0.0697. The first kappa shape index (κ1) is 16.5. The summed E-state index contributed by atoms with van der Waals surface area (Å²) in [6.07, 6.45) is 0. The normalized spacial score (nSPS) is 9.29. The van der Waals surface area contributed by atoms with Crippen molar-refractivity contribution in [1.29, 1.82) is 0 Å². The molecule has 0 spiro atoms. The quantitative estimate of drug-likeness (QED) is 0.905. The molecule has 0 radical (unpaired) electrons. The van der Waals surface area contributed by atoms with Gasteiger partial charge in [0.05, 0.1) is 26.4 Å². The summed E-state index contributed by atoms with van der Waals surface area (Å²) in [7, 11) is 3.16. The first-order valence-corrected chi connectivity index (χ1v) is 6.21. The molecule has 112 valence electrons. The summed E-state index contributed by atoms with van der Waals surface area (Å²) in [6, 6.07) is 13.6. The lowest BCUT2D eigenvalue weighted by atomic mass is 10.2. The van der Waals surface area contributed by atoms with Gasteiger partial charge < -0.3 is 19.7 Å². The van der Waals surface area contributed by atoms with Gasteiger partial charge in [-0.05, 0) is 29.8 Å². The number of benzene rings is 2. The predicted octanol–water partition coefficient (Wildman–Crippen LogP) is 2.58. The topological polar surface area (TPSA) is 76.0 Å². The molecule has 0 bridgehead atoms. The SMILES string of the molecule is COc1cc(CO)cc(OC)c1.O=C(O)c1ccccc1. The molecule has 21 heavy (non-hydrogen) atoms. The summed E-state index contributed by atoms with van der Waals surface area (Å²) in [6.45, 7) is -0.00639. The molecule has 0 aliphatic heterocycles. The highest BCUT2D eigenvalue weighted by Crippen LogP contribution is 2.22. The maximum Gasteiger partial charge on any atom is 0.335 e. The monoisotopic (exact) mass is 290 g/mol. The zero-order chi connectivity index (χ0) is 15.7. The summed E-state index contributed by atoms with van der Waals surface area (Å²) in [5.41, 5.74) is 1.11. The van der Waals surface area contributed by atoms with Gasteiger partial charge in [0.2, 0.25) is 0 Å². The molecule has 0 heterocycles. The highest BCUT2D eigenvalue weighted by molar-refractivity contribution is 5.87. The molecule has 2 rings (SSSR count). The number of carboxylic acid groups (broad SMARTS) is 1. The van der Waals surface area contributed by atoms with Gasteiger partial charge in [0, 0.05) is 6.07 Å². The van der Waals surface area contributed by atoms with Crippen molar-refractivity contribution in [2.24, 2.45) is 0 Å². The van der Waals surface area contributed by atoms with Crippen molar-refractivity contribution in [1.82, 2.24) is 0 Å². The largest absolute Gasteiger partial charge is 0.497 e. The molecule has 0 saturated heterocycles. The van der Waals surface area contributed by atoms with Crippen LogP contribution in [0.25, 0.3) is 0 Å². The van der Waals surface area contributed by atoms with Crippen molar-refractivity contribution >= 4 is 5.97 Å². The maximum atomic E-state index is 10.2. The Morgan fingerprint density at radius 3 is 1.86 bits per heavy atom. The van der Waals surface area contributed by atoms with Crippen LogP contribution in [0.4, 0.5) is 0 Å². The van der Waals surface area contributed by atoms with Crippen LogP contribution in [0.5, 0.6) is 11.5 Å². The van der Waals surface area contributed by atoms with Crippen molar-refractivity contribution in [3.63, 3.8) is 0 Å². The number of ether oxygens (including phenoxy) is 2. The van der Waals surface area contributed by atoms with Gasteiger partial charge in [0.25, 0.3) is 0 Å². The average molecular weight is 290 g/mol. The second kappa shape index (κ2) is 8.60. The van der Waals surface area contributed by atoms with Crippen molar-refractivity contribution in [2.75, 3.05) is 14.2 Å². The number of aliphatic hydroxyl groups is 1. The Labute approximate surface area is 123 Å². The second-order valence-electron chi connectivity index (χ2n) is 4.05. The summed E-state index contributed by atoms with van der Waals surface area (Å²) >= 11 is 0. The van der Waals surface area contributed by atoms with Crippen LogP contribution in [0.15, 0.2) is 48.5 Å². The lowest BCUT2D eigenvalue weighted by Gasteiger charge is -2.05. The number of carboxylic acids is 1. The lowest BCUT2D eigenvalue weighted by Crippen LogP contribution is -1.93. The Hall–Kier alpha value is -2.53. The molecule has 0 aliphatic rings. The first-order chi connectivity index (χ1) is 10.1.